The molecule has 2 rings (SSSR count). The topological polar surface area (TPSA) is 82.8 Å². The van der Waals surface area contributed by atoms with Crippen LogP contribution in [0.2, 0.25) is 0 Å². The van der Waals surface area contributed by atoms with E-state index in [1.807, 2.05) is 0 Å². The van der Waals surface area contributed by atoms with Crippen LogP contribution in [0.1, 0.15) is 6.92 Å². The maximum Gasteiger partial charge on any atom is 0.364 e. The predicted octanol–water partition coefficient (Wildman–Crippen LogP) is -1.48. The molecule has 1 atom stereocenters. The molecule has 0 N–H and O–H groups in total. The van der Waals surface area contributed by atoms with E-state index in [-0.39, 0.29) is 12.6 Å². The summed E-state index contributed by atoms with van der Waals surface area (Å²) in [6.45, 7) is 1.41. The molecule has 92 valence electrons. The largest absolute Gasteiger partial charge is 0.371 e. The lowest BCUT2D eigenvalue weighted by molar-refractivity contribution is -0.142. The van der Waals surface area contributed by atoms with Gasteiger partial charge in [0.2, 0.25) is 5.82 Å². The maximum atomic E-state index is 13.2. The normalized spacial score (nSPS) is 17.9. The third kappa shape index (κ3) is 2.41. The van der Waals surface area contributed by atoms with Crippen LogP contribution < -0.4 is 16.1 Å². The van der Waals surface area contributed by atoms with Gasteiger partial charge in [-0.05, 0) is 0 Å². The Labute approximate surface area is 93.9 Å². The summed E-state index contributed by atoms with van der Waals surface area (Å²) in [5.41, 5.74) is -1.98. The van der Waals surface area contributed by atoms with Gasteiger partial charge in [-0.2, -0.15) is 4.39 Å². The number of ether oxygens (including phenoxy) is 1. The highest BCUT2D eigenvalue weighted by molar-refractivity contribution is 5.66. The molecular formula is C9H9FN2O5. The molecule has 0 radical (unpaired) electrons. The Morgan fingerprint density at radius 3 is 2.82 bits per heavy atom. The van der Waals surface area contributed by atoms with E-state index < -0.39 is 23.0 Å². The van der Waals surface area contributed by atoms with Gasteiger partial charge in [0.25, 0.3) is 5.56 Å². The van der Waals surface area contributed by atoms with Crippen molar-refractivity contribution in [1.29, 1.82) is 0 Å². The van der Waals surface area contributed by atoms with Crippen LogP contribution in [0.25, 0.3) is 0 Å². The quantitative estimate of drug-likeness (QED) is 0.606. The number of hydrogen-bond acceptors (Lipinski definition) is 5. The molecule has 2 heterocycles. The van der Waals surface area contributed by atoms with Gasteiger partial charge >= 0.3 is 11.7 Å². The molecule has 0 saturated carbocycles. The lowest BCUT2D eigenvalue weighted by atomic mass is 10.4. The summed E-state index contributed by atoms with van der Waals surface area (Å²) in [6, 6.07) is 0. The standard InChI is InChI=1S/C9H9FN2O5/c1-5(13)17-12-3-7(10)8(14)11(9(12)15)2-6-4-16-6/h3,6H,2,4H2,1H3. The van der Waals surface area contributed by atoms with Gasteiger partial charge in [0.15, 0.2) is 0 Å². The molecule has 1 unspecified atom stereocenters. The minimum atomic E-state index is -1.17. The van der Waals surface area contributed by atoms with Gasteiger partial charge < -0.3 is 9.57 Å². The Bertz CT molecular complexity index is 572. The molecule has 1 aliphatic rings. The molecule has 0 amide bonds. The van der Waals surface area contributed by atoms with Crippen molar-refractivity contribution < 1.29 is 18.8 Å². The molecule has 1 aromatic rings. The summed E-state index contributed by atoms with van der Waals surface area (Å²) in [6.07, 6.45) is 0.268. The minimum absolute atomic E-state index is 0.0588. The van der Waals surface area contributed by atoms with Crippen LogP contribution in [0.5, 0.6) is 0 Å². The number of halogens is 1. The van der Waals surface area contributed by atoms with Gasteiger partial charge in [0.1, 0.15) is 0 Å². The van der Waals surface area contributed by atoms with E-state index in [1.165, 1.54) is 0 Å². The zero-order valence-corrected chi connectivity index (χ0v) is 8.88. The minimum Gasteiger partial charge on any atom is -0.371 e. The number of carbonyl (C=O) groups is 1. The van der Waals surface area contributed by atoms with Gasteiger partial charge in [0.05, 0.1) is 25.5 Å². The first kappa shape index (κ1) is 11.5. The maximum absolute atomic E-state index is 13.2. The van der Waals surface area contributed by atoms with Gasteiger partial charge in [0, 0.05) is 6.92 Å². The third-order valence-electron chi connectivity index (χ3n) is 2.11. The molecule has 7 nitrogen and oxygen atoms in total. The molecule has 0 aliphatic carbocycles. The highest BCUT2D eigenvalue weighted by Crippen LogP contribution is 2.09. The van der Waals surface area contributed by atoms with Gasteiger partial charge in [-0.1, -0.05) is 0 Å². The molecule has 1 aromatic heterocycles. The van der Waals surface area contributed by atoms with Crippen LogP contribution in [-0.4, -0.2) is 28.0 Å². The summed E-state index contributed by atoms with van der Waals surface area (Å²) < 4.78 is 19.1. The lowest BCUT2D eigenvalue weighted by Gasteiger charge is -2.07. The lowest BCUT2D eigenvalue weighted by Crippen LogP contribution is -2.44. The van der Waals surface area contributed by atoms with E-state index in [0.29, 0.717) is 22.1 Å². The Kier molecular flexibility index (Phi) is 2.80. The first-order valence-corrected chi connectivity index (χ1v) is 4.81. The number of nitrogens with zero attached hydrogens (tertiary/aromatic N) is 2. The highest BCUT2D eigenvalue weighted by Gasteiger charge is 2.26. The van der Waals surface area contributed by atoms with E-state index in [2.05, 4.69) is 4.84 Å². The third-order valence-corrected chi connectivity index (χ3v) is 2.11. The SMILES string of the molecule is CC(=O)On1cc(F)c(=O)n(CC2CO2)c1=O. The first-order chi connectivity index (χ1) is 7.99. The number of carbonyl (C=O) groups excluding carboxylic acids is 1. The van der Waals surface area contributed by atoms with E-state index in [9.17, 15) is 18.8 Å². The van der Waals surface area contributed by atoms with Crippen LogP contribution in [0.3, 0.4) is 0 Å². The molecule has 0 spiro atoms. The van der Waals surface area contributed by atoms with Crippen molar-refractivity contribution in [2.45, 2.75) is 19.6 Å². The van der Waals surface area contributed by atoms with Crippen molar-refractivity contribution in [2.24, 2.45) is 0 Å². The molecule has 8 heteroatoms. The number of aromatic nitrogens is 2. The summed E-state index contributed by atoms with van der Waals surface area (Å²) >= 11 is 0. The van der Waals surface area contributed by atoms with Crippen molar-refractivity contribution >= 4 is 5.97 Å². The molecule has 0 aromatic carbocycles. The average Bonchev–Trinajstić information content (AvgIpc) is 3.04. The molecule has 1 aliphatic heterocycles. The molecule has 1 saturated heterocycles. The first-order valence-electron chi connectivity index (χ1n) is 4.81. The van der Waals surface area contributed by atoms with E-state index in [4.69, 9.17) is 4.74 Å². The van der Waals surface area contributed by atoms with Crippen molar-refractivity contribution in [3.8, 4) is 0 Å². The van der Waals surface area contributed by atoms with Crippen molar-refractivity contribution in [3.05, 3.63) is 32.9 Å². The van der Waals surface area contributed by atoms with Crippen LogP contribution in [0, 0.1) is 5.82 Å². The van der Waals surface area contributed by atoms with Crippen molar-refractivity contribution in [2.75, 3.05) is 6.61 Å². The number of hydrogen-bond donors (Lipinski definition) is 0. The zero-order chi connectivity index (χ0) is 12.6. The summed E-state index contributed by atoms with van der Waals surface area (Å²) in [7, 11) is 0. The molecule has 1 fully saturated rings. The predicted molar refractivity (Wildman–Crippen MR) is 51.9 cm³/mol. The van der Waals surface area contributed by atoms with Gasteiger partial charge in [-0.15, -0.1) is 4.73 Å². The second-order valence-electron chi connectivity index (χ2n) is 3.54. The van der Waals surface area contributed by atoms with E-state index in [0.717, 1.165) is 6.92 Å². The van der Waals surface area contributed by atoms with Crippen molar-refractivity contribution in [3.63, 3.8) is 0 Å². The van der Waals surface area contributed by atoms with E-state index >= 15 is 0 Å². The van der Waals surface area contributed by atoms with E-state index in [1.54, 1.807) is 0 Å². The fourth-order valence-electron chi connectivity index (χ4n) is 1.29. The molecular weight excluding hydrogens is 235 g/mol. The average molecular weight is 244 g/mol. The smallest absolute Gasteiger partial charge is 0.364 e. The highest BCUT2D eigenvalue weighted by atomic mass is 19.1. The Balaban J connectivity index is 2.47. The summed E-state index contributed by atoms with van der Waals surface area (Å²) in [4.78, 5) is 38.2. The van der Waals surface area contributed by atoms with Crippen molar-refractivity contribution in [1.82, 2.24) is 9.30 Å². The zero-order valence-electron chi connectivity index (χ0n) is 8.88. The summed E-state index contributed by atoms with van der Waals surface area (Å²) in [5.74, 6) is -1.97. The number of epoxide rings is 1. The van der Waals surface area contributed by atoms with Crippen LogP contribution in [0.15, 0.2) is 15.8 Å². The number of rotatable bonds is 3. The Hall–Kier alpha value is -1.96. The van der Waals surface area contributed by atoms with Gasteiger partial charge in [-0.3, -0.25) is 9.36 Å². The second kappa shape index (κ2) is 4.13. The second-order valence-corrected chi connectivity index (χ2v) is 3.54. The monoisotopic (exact) mass is 244 g/mol. The molecule has 17 heavy (non-hydrogen) atoms. The Morgan fingerprint density at radius 1 is 1.65 bits per heavy atom. The van der Waals surface area contributed by atoms with Gasteiger partial charge in [-0.25, -0.2) is 9.59 Å². The fraction of sp³-hybridized carbons (Fsp3) is 0.444. The fourth-order valence-corrected chi connectivity index (χ4v) is 1.29. The molecule has 0 bridgehead atoms. The van der Waals surface area contributed by atoms with Crippen LogP contribution >= 0.6 is 0 Å². The van der Waals surface area contributed by atoms with Crippen LogP contribution in [0.4, 0.5) is 4.39 Å². The summed E-state index contributed by atoms with van der Waals surface area (Å²) in [5, 5.41) is 0. The Morgan fingerprint density at radius 2 is 2.29 bits per heavy atom. The van der Waals surface area contributed by atoms with Crippen LogP contribution in [-0.2, 0) is 16.1 Å².